The monoisotopic (exact) mass is 682 g/mol. The fourth-order valence-corrected chi connectivity index (χ4v) is 6.23. The van der Waals surface area contributed by atoms with E-state index in [1.54, 1.807) is 17.3 Å². The van der Waals surface area contributed by atoms with Gasteiger partial charge in [-0.25, -0.2) is 0 Å². The van der Waals surface area contributed by atoms with Crippen molar-refractivity contribution in [2.45, 2.75) is 64.3 Å². The Hall–Kier alpha value is -4.76. The number of hydrogen-bond acceptors (Lipinski definition) is 4. The minimum atomic E-state index is -4.45. The quantitative estimate of drug-likeness (QED) is 0.101. The predicted molar refractivity (Wildman–Crippen MR) is 191 cm³/mol. The third-order valence-corrected chi connectivity index (χ3v) is 9.13. The van der Waals surface area contributed by atoms with Gasteiger partial charge in [-0.2, -0.15) is 13.2 Å². The summed E-state index contributed by atoms with van der Waals surface area (Å²) in [5.74, 6) is -0.539. The molecule has 4 aromatic rings. The first-order valence-corrected chi connectivity index (χ1v) is 17.4. The largest absolute Gasteiger partial charge is 0.416 e. The lowest BCUT2D eigenvalue weighted by Crippen LogP contribution is -2.56. The fraction of sp³-hybridized carbons (Fsp3) is 0.341. The number of nitrogens with zero attached hydrogens (tertiary/aromatic N) is 4. The normalized spacial score (nSPS) is 14.5. The zero-order valence-electron chi connectivity index (χ0n) is 28.6. The molecule has 1 aliphatic heterocycles. The number of aryl methyl sites for hydroxylation is 1. The van der Waals surface area contributed by atoms with Gasteiger partial charge in [0.2, 0.25) is 11.8 Å². The molecule has 6 nitrogen and oxygen atoms in total. The van der Waals surface area contributed by atoms with E-state index in [0.29, 0.717) is 31.7 Å². The summed E-state index contributed by atoms with van der Waals surface area (Å²) >= 11 is 0. The van der Waals surface area contributed by atoms with Crippen LogP contribution in [-0.4, -0.2) is 63.7 Å². The Bertz CT molecular complexity index is 1670. The first kappa shape index (κ1) is 36.5. The van der Waals surface area contributed by atoms with Gasteiger partial charge in [0.05, 0.1) is 5.56 Å². The molecule has 50 heavy (non-hydrogen) atoms. The Morgan fingerprint density at radius 2 is 1.50 bits per heavy atom. The van der Waals surface area contributed by atoms with Crippen molar-refractivity contribution in [3.05, 3.63) is 143 Å². The summed E-state index contributed by atoms with van der Waals surface area (Å²) in [6.07, 6.45) is 6.44. The molecule has 0 spiro atoms. The average Bonchev–Trinajstić information content (AvgIpc) is 3.13. The number of piperazine rings is 1. The molecule has 3 aromatic carbocycles. The number of amides is 2. The van der Waals surface area contributed by atoms with Crippen molar-refractivity contribution in [3.63, 3.8) is 0 Å². The average molecular weight is 683 g/mol. The van der Waals surface area contributed by atoms with Crippen molar-refractivity contribution in [2.75, 3.05) is 26.2 Å². The number of alkyl halides is 3. The van der Waals surface area contributed by atoms with Crippen LogP contribution in [0, 0.1) is 0 Å². The number of pyridine rings is 1. The zero-order valence-corrected chi connectivity index (χ0v) is 28.6. The third kappa shape index (κ3) is 10.6. The predicted octanol–water partition coefficient (Wildman–Crippen LogP) is 7.83. The van der Waals surface area contributed by atoms with E-state index >= 15 is 0 Å². The van der Waals surface area contributed by atoms with E-state index in [9.17, 15) is 22.8 Å². The molecule has 0 saturated carbocycles. The van der Waals surface area contributed by atoms with Crippen molar-refractivity contribution < 1.29 is 22.8 Å². The van der Waals surface area contributed by atoms with E-state index < -0.39 is 23.7 Å². The highest BCUT2D eigenvalue weighted by Gasteiger charge is 2.34. The van der Waals surface area contributed by atoms with Gasteiger partial charge < -0.3 is 9.80 Å². The van der Waals surface area contributed by atoms with E-state index in [2.05, 4.69) is 41.1 Å². The first-order valence-electron chi connectivity index (χ1n) is 17.4. The second kappa shape index (κ2) is 17.8. The van der Waals surface area contributed by atoms with Crippen molar-refractivity contribution >= 4 is 17.9 Å². The lowest BCUT2D eigenvalue weighted by atomic mass is 10.0. The summed E-state index contributed by atoms with van der Waals surface area (Å²) < 4.78 is 39.4. The van der Waals surface area contributed by atoms with Crippen LogP contribution in [0.4, 0.5) is 13.2 Å². The molecule has 1 aromatic heterocycles. The van der Waals surface area contributed by atoms with Crippen molar-refractivity contribution in [2.24, 2.45) is 0 Å². The molecule has 0 unspecified atom stereocenters. The van der Waals surface area contributed by atoms with Crippen LogP contribution in [0.25, 0.3) is 6.08 Å². The van der Waals surface area contributed by atoms with Gasteiger partial charge in [-0.3, -0.25) is 19.5 Å². The number of halogens is 3. The molecule has 5 rings (SSSR count). The molecule has 0 radical (unpaired) electrons. The van der Waals surface area contributed by atoms with Gasteiger partial charge in [-0.1, -0.05) is 92.6 Å². The van der Waals surface area contributed by atoms with Crippen LogP contribution in [0.5, 0.6) is 0 Å². The summed E-state index contributed by atoms with van der Waals surface area (Å²) in [4.78, 5) is 38.6. The summed E-state index contributed by atoms with van der Waals surface area (Å²) in [7, 11) is 0. The van der Waals surface area contributed by atoms with Gasteiger partial charge in [0.25, 0.3) is 0 Å². The zero-order chi connectivity index (χ0) is 35.3. The number of carbonyl (C=O) groups excluding carboxylic acids is 2. The molecule has 9 heteroatoms. The molecular weight excluding hydrogens is 637 g/mol. The molecule has 0 N–H and O–H groups in total. The van der Waals surface area contributed by atoms with Crippen LogP contribution in [0.15, 0.2) is 109 Å². The van der Waals surface area contributed by atoms with Crippen LogP contribution in [-0.2, 0) is 41.7 Å². The van der Waals surface area contributed by atoms with Gasteiger partial charge in [-0.15, -0.1) is 0 Å². The maximum absolute atomic E-state index is 14.5. The van der Waals surface area contributed by atoms with Crippen LogP contribution < -0.4 is 0 Å². The highest BCUT2D eigenvalue weighted by molar-refractivity contribution is 5.95. The number of aromatic nitrogens is 1. The topological polar surface area (TPSA) is 56.8 Å². The number of carbonyl (C=O) groups is 2. The minimum absolute atomic E-state index is 0.138. The Morgan fingerprint density at radius 3 is 2.14 bits per heavy atom. The van der Waals surface area contributed by atoms with Gasteiger partial charge in [0.1, 0.15) is 6.04 Å². The maximum Gasteiger partial charge on any atom is 0.416 e. The molecule has 0 bridgehead atoms. The summed E-state index contributed by atoms with van der Waals surface area (Å²) in [6.45, 7) is 5.65. The lowest BCUT2D eigenvalue weighted by molar-refractivity contribution is -0.145. The van der Waals surface area contributed by atoms with Gasteiger partial charge in [0.15, 0.2) is 0 Å². The molecule has 2 heterocycles. The van der Waals surface area contributed by atoms with Gasteiger partial charge >= 0.3 is 6.18 Å². The van der Waals surface area contributed by atoms with Gasteiger partial charge in [-0.05, 0) is 64.9 Å². The Balaban J connectivity index is 1.40. The Kier molecular flexibility index (Phi) is 13.0. The smallest absolute Gasteiger partial charge is 0.338 e. The van der Waals surface area contributed by atoms with Crippen molar-refractivity contribution in [1.82, 2.24) is 19.7 Å². The van der Waals surface area contributed by atoms with Crippen molar-refractivity contribution in [1.29, 1.82) is 0 Å². The lowest BCUT2D eigenvalue weighted by Gasteiger charge is -2.39. The number of rotatable bonds is 14. The standard InChI is InChI=1S/C41H45F3N4O2/c1-2-3-5-9-32-13-15-35(16-14-32)31-48(39(49)22-19-33-17-20-37(21-18-33)41(42,43)44)38(28-36-12-8-23-45-29-36)40(50)47-26-24-46(25-27-47)30-34-10-6-4-7-11-34/h4,6-8,10-23,29,38H,2-3,5,9,24-28,30-31H2,1H3/b22-19+/t38-/m0/s1. The Morgan fingerprint density at radius 1 is 0.820 bits per heavy atom. The van der Waals surface area contributed by atoms with Crippen LogP contribution in [0.1, 0.15) is 59.6 Å². The Labute approximate surface area is 293 Å². The van der Waals surface area contributed by atoms with Crippen LogP contribution >= 0.6 is 0 Å². The third-order valence-electron chi connectivity index (χ3n) is 9.13. The summed E-state index contributed by atoms with van der Waals surface area (Å²) in [5, 5.41) is 0. The van der Waals surface area contributed by atoms with Crippen LogP contribution in [0.3, 0.4) is 0 Å². The SMILES string of the molecule is CCCCCc1ccc(CN(C(=O)/C=C/c2ccc(C(F)(F)F)cc2)[C@@H](Cc2cccnc2)C(=O)N2CCN(Cc3ccccc3)CC2)cc1. The fourth-order valence-electron chi connectivity index (χ4n) is 6.23. The van der Waals surface area contributed by atoms with Crippen LogP contribution in [0.2, 0.25) is 0 Å². The highest BCUT2D eigenvalue weighted by atomic mass is 19.4. The van der Waals surface area contributed by atoms with E-state index in [1.165, 1.54) is 35.4 Å². The minimum Gasteiger partial charge on any atom is -0.338 e. The van der Waals surface area contributed by atoms with Gasteiger partial charge in [0, 0.05) is 64.2 Å². The van der Waals surface area contributed by atoms with E-state index in [4.69, 9.17) is 0 Å². The molecule has 0 aliphatic carbocycles. The second-order valence-electron chi connectivity index (χ2n) is 12.9. The van der Waals surface area contributed by atoms with E-state index in [0.717, 1.165) is 55.5 Å². The molecule has 1 fully saturated rings. The first-order chi connectivity index (χ1) is 24.2. The van der Waals surface area contributed by atoms with E-state index in [1.807, 2.05) is 47.4 Å². The maximum atomic E-state index is 14.5. The number of benzene rings is 3. The summed E-state index contributed by atoms with van der Waals surface area (Å²) in [5.41, 5.74) is 3.84. The van der Waals surface area contributed by atoms with E-state index in [-0.39, 0.29) is 18.9 Å². The second-order valence-corrected chi connectivity index (χ2v) is 12.9. The molecule has 262 valence electrons. The molecule has 2 amide bonds. The van der Waals surface area contributed by atoms with Crippen molar-refractivity contribution in [3.8, 4) is 0 Å². The highest BCUT2D eigenvalue weighted by Crippen LogP contribution is 2.29. The summed E-state index contributed by atoms with van der Waals surface area (Å²) in [6, 6.07) is 26.0. The molecular formula is C41H45F3N4O2. The number of hydrogen-bond donors (Lipinski definition) is 0. The molecule has 1 atom stereocenters. The molecule has 1 saturated heterocycles. The molecule has 1 aliphatic rings. The number of unbranched alkanes of at least 4 members (excludes halogenated alkanes) is 2.